The second kappa shape index (κ2) is 11.4. The Morgan fingerprint density at radius 3 is 1.46 bits per heavy atom. The van der Waals surface area contributed by atoms with Crippen LogP contribution in [0.3, 0.4) is 0 Å². The molecule has 10 rings (SSSR count). The first-order valence-corrected chi connectivity index (χ1v) is 16.8. The maximum absolute atomic E-state index is 10.1. The predicted octanol–water partition coefficient (Wildman–Crippen LogP) is 10.3. The molecule has 0 saturated carbocycles. The number of hydrogen-bond donors (Lipinski definition) is 0. The minimum atomic E-state index is 0.233. The summed E-state index contributed by atoms with van der Waals surface area (Å²) in [6.45, 7) is 7.88. The first kappa shape index (κ1) is 29.3. The molecule has 0 amide bonds. The number of imidazole rings is 2. The minimum absolute atomic E-state index is 0.233. The van der Waals surface area contributed by atoms with Crippen molar-refractivity contribution in [2.75, 3.05) is 0 Å². The van der Waals surface area contributed by atoms with Gasteiger partial charge >= 0.3 is 0 Å². The van der Waals surface area contributed by atoms with Crippen LogP contribution in [0.15, 0.2) is 158 Å². The Hall–Kier alpha value is -7.68. The van der Waals surface area contributed by atoms with Crippen LogP contribution in [0.5, 0.6) is 0 Å². The molecule has 0 radical (unpaired) electrons. The van der Waals surface area contributed by atoms with Gasteiger partial charge in [0.05, 0.1) is 22.1 Å². The lowest BCUT2D eigenvalue weighted by molar-refractivity contribution is 0.989. The van der Waals surface area contributed by atoms with Crippen LogP contribution in [-0.4, -0.2) is 28.2 Å². The van der Waals surface area contributed by atoms with Crippen LogP contribution in [-0.2, 0) is 0 Å². The van der Waals surface area contributed by atoms with Gasteiger partial charge in [-0.25, -0.2) is 4.98 Å². The number of aromatic nitrogens is 6. The van der Waals surface area contributed by atoms with Gasteiger partial charge in [-0.2, -0.15) is 5.26 Å². The van der Waals surface area contributed by atoms with Crippen molar-refractivity contribution in [3.8, 4) is 40.5 Å². The zero-order chi connectivity index (χ0) is 34.8. The summed E-state index contributed by atoms with van der Waals surface area (Å²) in [6, 6.07) is 52.2. The first-order chi connectivity index (χ1) is 25.7. The molecule has 0 N–H and O–H groups in total. The van der Waals surface area contributed by atoms with Crippen molar-refractivity contribution in [2.24, 2.45) is 0 Å². The Balaban J connectivity index is 1.17. The average Bonchev–Trinajstić information content (AvgIpc) is 3.99. The molecule has 0 aliphatic carbocycles. The van der Waals surface area contributed by atoms with Gasteiger partial charge in [0.25, 0.3) is 11.6 Å². The third kappa shape index (κ3) is 4.39. The van der Waals surface area contributed by atoms with Crippen LogP contribution in [0.2, 0.25) is 0 Å². The van der Waals surface area contributed by atoms with Gasteiger partial charge < -0.3 is 14.0 Å². The van der Waals surface area contributed by atoms with Gasteiger partial charge in [-0.15, -0.1) is 0 Å². The van der Waals surface area contributed by atoms with Crippen molar-refractivity contribution >= 4 is 49.4 Å². The van der Waals surface area contributed by atoms with Crippen molar-refractivity contribution in [3.05, 3.63) is 175 Å². The number of fused-ring (bicyclic) bond motifs is 6. The van der Waals surface area contributed by atoms with E-state index in [0.717, 1.165) is 66.4 Å². The quantitative estimate of drug-likeness (QED) is 0.172. The largest absolute Gasteiger partial charge is 0.359 e. The van der Waals surface area contributed by atoms with E-state index in [9.17, 15) is 5.26 Å². The Kier molecular flexibility index (Phi) is 6.44. The van der Waals surface area contributed by atoms with E-state index in [1.54, 1.807) is 12.4 Å². The Morgan fingerprint density at radius 1 is 0.481 bits per heavy atom. The normalized spacial score (nSPS) is 11.4. The van der Waals surface area contributed by atoms with Crippen LogP contribution >= 0.6 is 0 Å². The van der Waals surface area contributed by atoms with Crippen LogP contribution in [0.1, 0.15) is 5.69 Å². The van der Waals surface area contributed by atoms with Crippen LogP contribution < -0.4 is 0 Å². The van der Waals surface area contributed by atoms with Crippen molar-refractivity contribution in [3.63, 3.8) is 0 Å². The van der Waals surface area contributed by atoms with Crippen molar-refractivity contribution in [2.45, 2.75) is 0 Å². The molecule has 0 saturated heterocycles. The molecule has 0 fully saturated rings. The predicted molar refractivity (Wildman–Crippen MR) is 206 cm³/mol. The molecule has 4 heterocycles. The fourth-order valence-electron chi connectivity index (χ4n) is 7.50. The fourth-order valence-corrected chi connectivity index (χ4v) is 7.50. The smallest absolute Gasteiger partial charge is 0.288 e. The second-order valence-corrected chi connectivity index (χ2v) is 12.6. The summed E-state index contributed by atoms with van der Waals surface area (Å²) < 4.78 is 8.34. The highest BCUT2D eigenvalue weighted by Crippen LogP contribution is 2.37. The molecule has 0 atom stereocenters. The zero-order valence-corrected chi connectivity index (χ0v) is 27.6. The van der Waals surface area contributed by atoms with E-state index in [-0.39, 0.29) is 11.5 Å². The number of benzene rings is 6. The summed E-state index contributed by atoms with van der Waals surface area (Å²) in [5.41, 5.74) is 8.41. The number of para-hydroxylation sites is 4. The first-order valence-electron chi connectivity index (χ1n) is 16.8. The van der Waals surface area contributed by atoms with Crippen molar-refractivity contribution < 1.29 is 0 Å². The molecule has 8 nitrogen and oxygen atoms in total. The molecular formula is C44H26N8. The molecule has 4 aromatic heterocycles. The van der Waals surface area contributed by atoms with Crippen molar-refractivity contribution in [1.82, 2.24) is 28.2 Å². The van der Waals surface area contributed by atoms with E-state index in [1.165, 1.54) is 0 Å². The topological polar surface area (TPSA) is 73.7 Å². The molecule has 0 unspecified atom stereocenters. The highest BCUT2D eigenvalue weighted by atomic mass is 15.2. The van der Waals surface area contributed by atoms with Crippen LogP contribution in [0, 0.1) is 17.9 Å². The monoisotopic (exact) mass is 666 g/mol. The Bertz CT molecular complexity index is 2880. The Morgan fingerprint density at radius 2 is 0.942 bits per heavy atom. The van der Waals surface area contributed by atoms with Gasteiger partial charge in [0.2, 0.25) is 5.82 Å². The fraction of sp³-hybridized carbons (Fsp3) is 0. The number of rotatable bonds is 5. The van der Waals surface area contributed by atoms with E-state index >= 15 is 0 Å². The van der Waals surface area contributed by atoms with Gasteiger partial charge in [-0.05, 0) is 72.8 Å². The zero-order valence-electron chi connectivity index (χ0n) is 27.6. The second-order valence-electron chi connectivity index (χ2n) is 12.6. The Labute approximate surface area is 297 Å². The van der Waals surface area contributed by atoms with E-state index in [4.69, 9.17) is 16.5 Å². The number of hydrogen-bond acceptors (Lipinski definition) is 3. The summed E-state index contributed by atoms with van der Waals surface area (Å²) in [5, 5.41) is 14.4. The summed E-state index contributed by atoms with van der Waals surface area (Å²) in [4.78, 5) is 13.2. The van der Waals surface area contributed by atoms with Gasteiger partial charge in [-0.1, -0.05) is 84.4 Å². The van der Waals surface area contributed by atoms with Gasteiger partial charge in [0, 0.05) is 56.7 Å². The third-order valence-electron chi connectivity index (χ3n) is 9.73. The minimum Gasteiger partial charge on any atom is -0.359 e. The van der Waals surface area contributed by atoms with Gasteiger partial charge in [-0.3, -0.25) is 9.13 Å². The number of nitriles is 1. The standard InChI is InChI=1S/C44H26N8/c1-46-42-28-50(33-21-23-41-37(25-33)35-17-9-11-19-39(35)52(41)31-14-6-3-7-15-31)44(48-42)43-47-29(26-45)27-49(43)32-20-22-40-36(24-32)34-16-8-10-18-38(34)51(40)30-12-4-2-5-13-30/h2-25,27-28H. The lowest BCUT2D eigenvalue weighted by atomic mass is 10.1. The molecule has 0 bridgehead atoms. The SMILES string of the molecule is [C-]#[N+]c1cn(-c2ccc3c(c2)c2ccccc2n3-c2ccccc2)c(-c2nc(C#N)cn2-c2ccc3c(c2)c2ccccc2n3-c2ccccc2)n1. The molecule has 8 heteroatoms. The lowest BCUT2D eigenvalue weighted by Crippen LogP contribution is -2.03. The highest BCUT2D eigenvalue weighted by molar-refractivity contribution is 6.11. The van der Waals surface area contributed by atoms with Gasteiger partial charge in [0.1, 0.15) is 6.07 Å². The molecule has 0 aliphatic rings. The molecule has 0 aliphatic heterocycles. The highest BCUT2D eigenvalue weighted by Gasteiger charge is 2.24. The maximum atomic E-state index is 10.1. The molecule has 0 spiro atoms. The molecular weight excluding hydrogens is 641 g/mol. The third-order valence-corrected chi connectivity index (χ3v) is 9.73. The average molecular weight is 667 g/mol. The molecule has 6 aromatic carbocycles. The van der Waals surface area contributed by atoms with Crippen LogP contribution in [0.25, 0.3) is 82.9 Å². The van der Waals surface area contributed by atoms with Crippen molar-refractivity contribution in [1.29, 1.82) is 5.26 Å². The summed E-state index contributed by atoms with van der Waals surface area (Å²) in [7, 11) is 0. The summed E-state index contributed by atoms with van der Waals surface area (Å²) in [5.74, 6) is 1.16. The van der Waals surface area contributed by atoms with E-state index in [1.807, 2.05) is 57.7 Å². The summed E-state index contributed by atoms with van der Waals surface area (Å²) in [6.07, 6.45) is 3.47. The van der Waals surface area contributed by atoms with E-state index < -0.39 is 0 Å². The molecule has 10 aromatic rings. The number of nitrogens with zero attached hydrogens (tertiary/aromatic N) is 8. The van der Waals surface area contributed by atoms with E-state index in [2.05, 4.69) is 117 Å². The maximum Gasteiger partial charge on any atom is 0.288 e. The van der Waals surface area contributed by atoms with Gasteiger partial charge in [0.15, 0.2) is 5.69 Å². The molecule has 52 heavy (non-hydrogen) atoms. The van der Waals surface area contributed by atoms with E-state index in [0.29, 0.717) is 11.6 Å². The summed E-state index contributed by atoms with van der Waals surface area (Å²) >= 11 is 0. The molecule has 242 valence electrons. The van der Waals surface area contributed by atoms with Crippen LogP contribution in [0.4, 0.5) is 5.82 Å². The lowest BCUT2D eigenvalue weighted by Gasteiger charge is -2.11.